The molecule has 3 aromatic rings. The minimum Gasteiger partial charge on any atom is -0.496 e. The predicted octanol–water partition coefficient (Wildman–Crippen LogP) is 5.23. The van der Waals surface area contributed by atoms with E-state index < -0.39 is 18.0 Å². The summed E-state index contributed by atoms with van der Waals surface area (Å²) in [6, 6.07) is 17.7. The van der Waals surface area contributed by atoms with Gasteiger partial charge >= 0.3 is 12.0 Å². The van der Waals surface area contributed by atoms with Gasteiger partial charge in [-0.05, 0) is 67.1 Å². The van der Waals surface area contributed by atoms with Crippen LogP contribution in [0.5, 0.6) is 11.5 Å². The lowest BCUT2D eigenvalue weighted by atomic mass is 9.95. The largest absolute Gasteiger partial charge is 0.496 e. The fourth-order valence-corrected chi connectivity index (χ4v) is 4.75. The molecule has 0 saturated carbocycles. The molecule has 7 heteroatoms. The zero-order valence-electron chi connectivity index (χ0n) is 21.1. The van der Waals surface area contributed by atoms with Crippen molar-refractivity contribution in [1.82, 2.24) is 5.32 Å². The van der Waals surface area contributed by atoms with Crippen LogP contribution in [0.1, 0.15) is 30.0 Å². The number of carboxylic acids is 1. The number of hydrogen-bond acceptors (Lipinski definition) is 4. The number of carbonyl (C=O) groups is 2. The van der Waals surface area contributed by atoms with Crippen LogP contribution in [0.4, 0.5) is 10.5 Å². The van der Waals surface area contributed by atoms with Crippen molar-refractivity contribution in [2.45, 2.75) is 45.2 Å². The molecule has 0 saturated heterocycles. The summed E-state index contributed by atoms with van der Waals surface area (Å²) in [6.45, 7) is 3.98. The summed E-state index contributed by atoms with van der Waals surface area (Å²) >= 11 is 0. The standard InChI is InChI=1S/C29H32N2O5/c1-18-8-12-21-13-9-19(2)31(24(21)16-18)29(34)30-23(28(32)33)17-20-10-14-22(15-11-20)27-25(35-3)6-5-7-26(27)36-4/h5-8,10-12,14-16,19,23H,9,13,17H2,1-4H3,(H,30,34)(H,32,33)/t19?,23-/m1/s1. The summed E-state index contributed by atoms with van der Waals surface area (Å²) in [6.07, 6.45) is 1.88. The van der Waals surface area contributed by atoms with Gasteiger partial charge in [-0.3, -0.25) is 4.90 Å². The van der Waals surface area contributed by atoms with Gasteiger partial charge in [0.1, 0.15) is 17.5 Å². The first-order chi connectivity index (χ1) is 17.3. The Morgan fingerprint density at radius 1 is 1.06 bits per heavy atom. The molecule has 2 N–H and O–H groups in total. The maximum atomic E-state index is 13.3. The van der Waals surface area contributed by atoms with E-state index in [4.69, 9.17) is 9.47 Å². The average molecular weight is 489 g/mol. The number of amides is 2. The second-order valence-corrected chi connectivity index (χ2v) is 9.17. The molecule has 188 valence electrons. The number of anilines is 1. The number of carboxylic acid groups (broad SMARTS) is 1. The molecule has 2 atom stereocenters. The molecule has 0 aliphatic carbocycles. The van der Waals surface area contributed by atoms with Crippen molar-refractivity contribution in [1.29, 1.82) is 0 Å². The van der Waals surface area contributed by atoms with Crippen molar-refractivity contribution in [2.24, 2.45) is 0 Å². The maximum Gasteiger partial charge on any atom is 0.326 e. The van der Waals surface area contributed by atoms with Crippen LogP contribution in [0.15, 0.2) is 60.7 Å². The summed E-state index contributed by atoms with van der Waals surface area (Å²) in [5.74, 6) is 0.292. The SMILES string of the molecule is COc1cccc(OC)c1-c1ccc(C[C@@H](NC(=O)N2c3cc(C)ccc3CCC2C)C(=O)O)cc1. The molecule has 0 aromatic heterocycles. The molecular weight excluding hydrogens is 456 g/mol. The Hall–Kier alpha value is -4.00. The number of ether oxygens (including phenoxy) is 2. The minimum atomic E-state index is -1.08. The van der Waals surface area contributed by atoms with Gasteiger partial charge in [0.05, 0.1) is 19.8 Å². The van der Waals surface area contributed by atoms with Crippen molar-refractivity contribution >= 4 is 17.7 Å². The van der Waals surface area contributed by atoms with E-state index >= 15 is 0 Å². The molecule has 1 unspecified atom stereocenters. The van der Waals surface area contributed by atoms with Gasteiger partial charge in [0.2, 0.25) is 0 Å². The fourth-order valence-electron chi connectivity index (χ4n) is 4.75. The highest BCUT2D eigenvalue weighted by atomic mass is 16.5. The third-order valence-electron chi connectivity index (χ3n) is 6.70. The van der Waals surface area contributed by atoms with Gasteiger partial charge in [0.15, 0.2) is 0 Å². The number of hydrogen-bond donors (Lipinski definition) is 2. The molecule has 0 fully saturated rings. The number of aryl methyl sites for hydroxylation is 2. The van der Waals surface area contributed by atoms with Crippen molar-refractivity contribution in [2.75, 3.05) is 19.1 Å². The Balaban J connectivity index is 1.53. The van der Waals surface area contributed by atoms with E-state index in [1.165, 1.54) is 0 Å². The molecule has 0 bridgehead atoms. The highest BCUT2D eigenvalue weighted by Crippen LogP contribution is 2.38. The monoisotopic (exact) mass is 488 g/mol. The summed E-state index contributed by atoms with van der Waals surface area (Å²) < 4.78 is 11.0. The first-order valence-electron chi connectivity index (χ1n) is 12.0. The van der Waals surface area contributed by atoms with E-state index in [9.17, 15) is 14.7 Å². The minimum absolute atomic E-state index is 0.0242. The van der Waals surface area contributed by atoms with Crippen LogP contribution in [0.2, 0.25) is 0 Å². The Kier molecular flexibility index (Phi) is 7.48. The Morgan fingerprint density at radius 2 is 1.72 bits per heavy atom. The van der Waals surface area contributed by atoms with Crippen molar-refractivity contribution in [3.63, 3.8) is 0 Å². The summed E-state index contributed by atoms with van der Waals surface area (Å²) in [7, 11) is 3.21. The number of fused-ring (bicyclic) bond motifs is 1. The molecule has 1 aliphatic rings. The van der Waals surface area contributed by atoms with Crippen LogP contribution in [0.25, 0.3) is 11.1 Å². The number of carbonyl (C=O) groups excluding carboxylic acids is 1. The van der Waals surface area contributed by atoms with Gasteiger partial charge in [-0.25, -0.2) is 9.59 Å². The van der Waals surface area contributed by atoms with Crippen molar-refractivity contribution in [3.05, 3.63) is 77.4 Å². The van der Waals surface area contributed by atoms with Gasteiger partial charge in [0.25, 0.3) is 0 Å². The lowest BCUT2D eigenvalue weighted by Crippen LogP contribution is -2.53. The third-order valence-corrected chi connectivity index (χ3v) is 6.70. The lowest BCUT2D eigenvalue weighted by Gasteiger charge is -2.36. The number of nitrogens with zero attached hydrogens (tertiary/aromatic N) is 1. The van der Waals surface area contributed by atoms with Crippen LogP contribution in [0.3, 0.4) is 0 Å². The highest BCUT2D eigenvalue weighted by molar-refractivity contribution is 5.96. The summed E-state index contributed by atoms with van der Waals surface area (Å²) in [4.78, 5) is 27.1. The third kappa shape index (κ3) is 5.15. The van der Waals surface area contributed by atoms with Gasteiger partial charge < -0.3 is 19.9 Å². The van der Waals surface area contributed by atoms with Gasteiger partial charge in [-0.2, -0.15) is 0 Å². The maximum absolute atomic E-state index is 13.3. The smallest absolute Gasteiger partial charge is 0.326 e. The van der Waals surface area contributed by atoms with E-state index in [1.807, 2.05) is 74.5 Å². The van der Waals surface area contributed by atoms with Crippen molar-refractivity contribution in [3.8, 4) is 22.6 Å². The first-order valence-corrected chi connectivity index (χ1v) is 12.0. The number of nitrogens with one attached hydrogen (secondary N) is 1. The van der Waals surface area contributed by atoms with Crippen LogP contribution >= 0.6 is 0 Å². The molecule has 3 aromatic carbocycles. The number of benzene rings is 3. The molecule has 7 nitrogen and oxygen atoms in total. The van der Waals surface area contributed by atoms with E-state index in [0.29, 0.717) is 11.5 Å². The van der Waals surface area contributed by atoms with E-state index in [1.54, 1.807) is 19.1 Å². The second-order valence-electron chi connectivity index (χ2n) is 9.17. The Labute approximate surface area is 211 Å². The molecule has 36 heavy (non-hydrogen) atoms. The van der Waals surface area contributed by atoms with Gasteiger partial charge in [0, 0.05) is 18.2 Å². The van der Waals surface area contributed by atoms with E-state index in [-0.39, 0.29) is 12.5 Å². The highest BCUT2D eigenvalue weighted by Gasteiger charge is 2.31. The second kappa shape index (κ2) is 10.7. The summed E-state index contributed by atoms with van der Waals surface area (Å²) in [5.41, 5.74) is 5.52. The predicted molar refractivity (Wildman–Crippen MR) is 140 cm³/mol. The Bertz CT molecular complexity index is 1230. The molecule has 2 amide bonds. The zero-order chi connectivity index (χ0) is 25.8. The quantitative estimate of drug-likeness (QED) is 0.476. The first kappa shape index (κ1) is 25.1. The average Bonchev–Trinajstić information content (AvgIpc) is 2.87. The van der Waals surface area contributed by atoms with Gasteiger partial charge in [-0.1, -0.05) is 42.5 Å². The molecule has 1 aliphatic heterocycles. The van der Waals surface area contributed by atoms with Crippen LogP contribution in [-0.4, -0.2) is 43.4 Å². The number of urea groups is 1. The van der Waals surface area contributed by atoms with E-state index in [2.05, 4.69) is 5.32 Å². The number of rotatable bonds is 7. The van der Waals surface area contributed by atoms with Crippen molar-refractivity contribution < 1.29 is 24.2 Å². The van der Waals surface area contributed by atoms with E-state index in [0.717, 1.165) is 46.3 Å². The Morgan fingerprint density at radius 3 is 2.33 bits per heavy atom. The summed E-state index contributed by atoms with van der Waals surface area (Å²) in [5, 5.41) is 12.6. The van der Waals surface area contributed by atoms with Gasteiger partial charge in [-0.15, -0.1) is 0 Å². The lowest BCUT2D eigenvalue weighted by molar-refractivity contribution is -0.139. The molecule has 0 spiro atoms. The molecule has 4 rings (SSSR count). The molecule has 1 heterocycles. The number of aliphatic carboxylic acids is 1. The molecule has 0 radical (unpaired) electrons. The normalized spacial score (nSPS) is 15.6. The number of methoxy groups -OCH3 is 2. The van der Waals surface area contributed by atoms with Crippen LogP contribution < -0.4 is 19.7 Å². The topological polar surface area (TPSA) is 88.1 Å². The fraction of sp³-hybridized carbons (Fsp3) is 0.310. The zero-order valence-corrected chi connectivity index (χ0v) is 21.1. The molecular formula is C29H32N2O5. The van der Waals surface area contributed by atoms with Crippen LogP contribution in [0, 0.1) is 6.92 Å². The van der Waals surface area contributed by atoms with Crippen LogP contribution in [-0.2, 0) is 17.6 Å².